The molecular formula is C21H14N2O. The molecule has 0 unspecified atom stereocenters. The molecule has 5 aromatic rings. The average molecular weight is 310 g/mol. The molecule has 2 aromatic heterocycles. The molecule has 0 bridgehead atoms. The Morgan fingerprint density at radius 1 is 0.750 bits per heavy atom. The van der Waals surface area contributed by atoms with E-state index in [-0.39, 0.29) is 0 Å². The van der Waals surface area contributed by atoms with Crippen LogP contribution in [0.1, 0.15) is 0 Å². The Bertz CT molecular complexity index is 1150. The summed E-state index contributed by atoms with van der Waals surface area (Å²) < 4.78 is 8.09. The number of aromatic nitrogens is 2. The van der Waals surface area contributed by atoms with E-state index >= 15 is 0 Å². The van der Waals surface area contributed by atoms with E-state index in [0.29, 0.717) is 0 Å². The third-order valence-corrected chi connectivity index (χ3v) is 4.31. The van der Waals surface area contributed by atoms with Crippen molar-refractivity contribution in [2.75, 3.05) is 0 Å². The van der Waals surface area contributed by atoms with Crippen LogP contribution in [-0.2, 0) is 0 Å². The van der Waals surface area contributed by atoms with Crippen LogP contribution in [0, 0.1) is 0 Å². The molecule has 0 aliphatic carbocycles. The van der Waals surface area contributed by atoms with Crippen LogP contribution in [0.5, 0.6) is 0 Å². The highest BCUT2D eigenvalue weighted by Gasteiger charge is 2.11. The molecule has 0 fully saturated rings. The number of fused-ring (bicyclic) bond motifs is 3. The Morgan fingerprint density at radius 2 is 1.54 bits per heavy atom. The molecule has 0 saturated carbocycles. The van der Waals surface area contributed by atoms with E-state index in [1.807, 2.05) is 48.8 Å². The van der Waals surface area contributed by atoms with Gasteiger partial charge < -0.3 is 4.42 Å². The lowest BCUT2D eigenvalue weighted by molar-refractivity contribution is 0.668. The molecule has 3 heteroatoms. The minimum Gasteiger partial charge on any atom is -0.456 e. The third kappa shape index (κ3) is 1.95. The Hall–Kier alpha value is -3.33. The summed E-state index contributed by atoms with van der Waals surface area (Å²) >= 11 is 0. The fraction of sp³-hybridized carbons (Fsp3) is 0. The summed E-state index contributed by atoms with van der Waals surface area (Å²) in [5, 5.41) is 2.28. The van der Waals surface area contributed by atoms with Crippen LogP contribution in [0.2, 0.25) is 0 Å². The number of rotatable bonds is 2. The average Bonchev–Trinajstić information content (AvgIpc) is 3.26. The quantitative estimate of drug-likeness (QED) is 0.435. The van der Waals surface area contributed by atoms with Crippen LogP contribution in [0.3, 0.4) is 0 Å². The van der Waals surface area contributed by atoms with E-state index in [1.165, 1.54) is 0 Å². The smallest absolute Gasteiger partial charge is 0.144 e. The molecule has 5 rings (SSSR count). The fourth-order valence-electron chi connectivity index (χ4n) is 3.18. The molecule has 0 radical (unpaired) electrons. The molecule has 0 spiro atoms. The van der Waals surface area contributed by atoms with Crippen molar-refractivity contribution < 1.29 is 4.42 Å². The van der Waals surface area contributed by atoms with Gasteiger partial charge >= 0.3 is 0 Å². The zero-order valence-electron chi connectivity index (χ0n) is 12.9. The summed E-state index contributed by atoms with van der Waals surface area (Å²) in [5.74, 6) is 0.922. The van der Waals surface area contributed by atoms with Gasteiger partial charge in [0.15, 0.2) is 0 Å². The number of imidazole rings is 1. The summed E-state index contributed by atoms with van der Waals surface area (Å²) in [6.07, 6.45) is 3.80. The predicted molar refractivity (Wildman–Crippen MR) is 96.3 cm³/mol. The molecule has 0 saturated heterocycles. The first kappa shape index (κ1) is 13.1. The van der Waals surface area contributed by atoms with Gasteiger partial charge in [0.05, 0.1) is 5.69 Å². The standard InChI is InChI=1S/C21H14N2O/c1-2-6-15(7-3-1)21-22-12-13-23(21)16-10-11-18-17-8-4-5-9-19(17)24-20(18)14-16/h1-14H. The van der Waals surface area contributed by atoms with Gasteiger partial charge in [0.2, 0.25) is 0 Å². The maximum Gasteiger partial charge on any atom is 0.144 e. The second-order valence-electron chi connectivity index (χ2n) is 5.77. The van der Waals surface area contributed by atoms with Crippen LogP contribution in [0.15, 0.2) is 89.6 Å². The summed E-state index contributed by atoms with van der Waals surface area (Å²) in [7, 11) is 0. The number of hydrogen-bond acceptors (Lipinski definition) is 2. The molecule has 0 atom stereocenters. The molecule has 114 valence electrons. The molecule has 0 amide bonds. The first-order valence-electron chi connectivity index (χ1n) is 7.90. The van der Waals surface area contributed by atoms with Gasteiger partial charge in [0, 0.05) is 34.8 Å². The minimum absolute atomic E-state index is 0.890. The number of hydrogen-bond donors (Lipinski definition) is 0. The van der Waals surface area contributed by atoms with E-state index in [9.17, 15) is 0 Å². The van der Waals surface area contributed by atoms with Crippen molar-refractivity contribution in [3.05, 3.63) is 85.2 Å². The van der Waals surface area contributed by atoms with Crippen LogP contribution in [0.4, 0.5) is 0 Å². The lowest BCUT2D eigenvalue weighted by Gasteiger charge is -2.08. The van der Waals surface area contributed by atoms with E-state index in [1.54, 1.807) is 0 Å². The van der Waals surface area contributed by atoms with Gasteiger partial charge in [-0.05, 0) is 18.2 Å². The van der Waals surface area contributed by atoms with Crippen molar-refractivity contribution >= 4 is 21.9 Å². The van der Waals surface area contributed by atoms with Gasteiger partial charge in [0.25, 0.3) is 0 Å². The number of benzene rings is 3. The Balaban J connectivity index is 1.71. The maximum atomic E-state index is 6.00. The minimum atomic E-state index is 0.890. The fourth-order valence-corrected chi connectivity index (χ4v) is 3.18. The highest BCUT2D eigenvalue weighted by Crippen LogP contribution is 2.31. The summed E-state index contributed by atoms with van der Waals surface area (Å²) in [6, 6.07) is 24.6. The molecule has 0 aliphatic rings. The van der Waals surface area contributed by atoms with Gasteiger partial charge in [-0.3, -0.25) is 4.57 Å². The zero-order chi connectivity index (χ0) is 15.9. The SMILES string of the molecule is c1ccc(-c2nccn2-c2ccc3c(c2)oc2ccccc23)cc1. The maximum absolute atomic E-state index is 6.00. The Labute approximate surface area is 138 Å². The topological polar surface area (TPSA) is 31.0 Å². The van der Waals surface area contributed by atoms with Crippen LogP contribution < -0.4 is 0 Å². The monoisotopic (exact) mass is 310 g/mol. The van der Waals surface area contributed by atoms with Crippen molar-refractivity contribution in [2.45, 2.75) is 0 Å². The largest absolute Gasteiger partial charge is 0.456 e. The Morgan fingerprint density at radius 3 is 2.46 bits per heavy atom. The molecule has 24 heavy (non-hydrogen) atoms. The van der Waals surface area contributed by atoms with Crippen molar-refractivity contribution in [2.24, 2.45) is 0 Å². The number of furan rings is 1. The van der Waals surface area contributed by atoms with Gasteiger partial charge in [-0.2, -0.15) is 0 Å². The second kappa shape index (κ2) is 5.10. The lowest BCUT2D eigenvalue weighted by atomic mass is 10.1. The summed E-state index contributed by atoms with van der Waals surface area (Å²) in [4.78, 5) is 4.52. The zero-order valence-corrected chi connectivity index (χ0v) is 12.9. The molecule has 0 aliphatic heterocycles. The van der Waals surface area contributed by atoms with Crippen molar-refractivity contribution in [1.82, 2.24) is 9.55 Å². The van der Waals surface area contributed by atoms with Gasteiger partial charge in [0.1, 0.15) is 17.0 Å². The first-order valence-corrected chi connectivity index (χ1v) is 7.90. The van der Waals surface area contributed by atoms with Crippen molar-refractivity contribution in [3.63, 3.8) is 0 Å². The molecule has 3 nitrogen and oxygen atoms in total. The van der Waals surface area contributed by atoms with Crippen molar-refractivity contribution in [1.29, 1.82) is 0 Å². The predicted octanol–water partition coefficient (Wildman–Crippen LogP) is 5.44. The summed E-state index contributed by atoms with van der Waals surface area (Å²) in [5.41, 5.74) is 3.94. The van der Waals surface area contributed by atoms with Crippen molar-refractivity contribution in [3.8, 4) is 17.1 Å². The second-order valence-corrected chi connectivity index (χ2v) is 5.77. The van der Waals surface area contributed by atoms with Gasteiger partial charge in [-0.1, -0.05) is 48.5 Å². The van der Waals surface area contributed by atoms with Crippen LogP contribution >= 0.6 is 0 Å². The van der Waals surface area contributed by atoms with Gasteiger partial charge in [-0.25, -0.2) is 4.98 Å². The normalized spacial score (nSPS) is 11.3. The van der Waals surface area contributed by atoms with Crippen LogP contribution in [0.25, 0.3) is 39.0 Å². The highest BCUT2D eigenvalue weighted by atomic mass is 16.3. The Kier molecular flexibility index (Phi) is 2.79. The summed E-state index contributed by atoms with van der Waals surface area (Å²) in [6.45, 7) is 0. The van der Waals surface area contributed by atoms with Gasteiger partial charge in [-0.15, -0.1) is 0 Å². The van der Waals surface area contributed by atoms with E-state index in [2.05, 4.69) is 45.9 Å². The number of para-hydroxylation sites is 1. The molecule has 0 N–H and O–H groups in total. The molecular weight excluding hydrogens is 296 g/mol. The van der Waals surface area contributed by atoms with E-state index in [4.69, 9.17) is 4.42 Å². The highest BCUT2D eigenvalue weighted by molar-refractivity contribution is 6.05. The molecule has 3 aromatic carbocycles. The van der Waals surface area contributed by atoms with Crippen LogP contribution in [-0.4, -0.2) is 9.55 Å². The molecule has 2 heterocycles. The number of nitrogens with zero attached hydrogens (tertiary/aromatic N) is 2. The third-order valence-electron chi connectivity index (χ3n) is 4.31. The lowest BCUT2D eigenvalue weighted by Crippen LogP contribution is -1.95. The first-order chi connectivity index (χ1) is 11.9. The van der Waals surface area contributed by atoms with E-state index in [0.717, 1.165) is 39.0 Å². The van der Waals surface area contributed by atoms with E-state index < -0.39 is 0 Å².